The Labute approximate surface area is 119 Å². The van der Waals surface area contributed by atoms with E-state index in [0.29, 0.717) is 0 Å². The molecular weight excluding hydrogens is 244 g/mol. The monoisotopic (exact) mass is 262 g/mol. The molecule has 3 aromatic rings. The van der Waals surface area contributed by atoms with Crippen molar-refractivity contribution in [3.05, 3.63) is 66.2 Å². The maximum atomic E-state index is 4.74. The molecule has 20 heavy (non-hydrogen) atoms. The van der Waals surface area contributed by atoms with Crippen LogP contribution in [0, 0.1) is 0 Å². The van der Waals surface area contributed by atoms with Gasteiger partial charge in [0.15, 0.2) is 0 Å². The van der Waals surface area contributed by atoms with Gasteiger partial charge in [0.25, 0.3) is 0 Å². The van der Waals surface area contributed by atoms with Crippen LogP contribution in [0.15, 0.2) is 60.7 Å². The van der Waals surface area contributed by atoms with Gasteiger partial charge in [-0.1, -0.05) is 67.6 Å². The normalized spacial score (nSPS) is 10.7. The molecule has 2 aromatic carbocycles. The van der Waals surface area contributed by atoms with E-state index in [4.69, 9.17) is 5.10 Å². The van der Waals surface area contributed by atoms with Crippen LogP contribution in [-0.4, -0.2) is 9.78 Å². The molecule has 0 aliphatic heterocycles. The smallest absolute Gasteiger partial charge is 0.0961 e. The zero-order valence-corrected chi connectivity index (χ0v) is 11.9. The molecule has 2 heteroatoms. The Bertz CT molecular complexity index is 697. The average Bonchev–Trinajstić information content (AvgIpc) is 2.85. The Balaban J connectivity index is 2.21. The van der Waals surface area contributed by atoms with E-state index in [9.17, 15) is 0 Å². The number of rotatable bonds is 3. The zero-order chi connectivity index (χ0) is 13.9. The van der Waals surface area contributed by atoms with E-state index < -0.39 is 0 Å². The minimum Gasteiger partial charge on any atom is -0.267 e. The van der Waals surface area contributed by atoms with Gasteiger partial charge in [0, 0.05) is 23.7 Å². The molecule has 2 nitrogen and oxygen atoms in total. The highest BCUT2D eigenvalue weighted by atomic mass is 15.3. The molecule has 0 saturated heterocycles. The molecule has 0 aliphatic carbocycles. The fourth-order valence-corrected chi connectivity index (χ4v) is 2.69. The number of nitrogens with zero attached hydrogens (tertiary/aromatic N) is 2. The van der Waals surface area contributed by atoms with Crippen LogP contribution in [0.1, 0.15) is 12.5 Å². The summed E-state index contributed by atoms with van der Waals surface area (Å²) in [4.78, 5) is 0. The third-order valence-electron chi connectivity index (χ3n) is 3.59. The molecule has 100 valence electrons. The van der Waals surface area contributed by atoms with Crippen molar-refractivity contribution in [2.24, 2.45) is 7.05 Å². The molecular formula is C18H18N2. The van der Waals surface area contributed by atoms with Crippen LogP contribution in [0.2, 0.25) is 0 Å². The standard InChI is InChI=1S/C18H18N2/c1-3-16-17(14-10-6-4-7-11-14)19-20(2)18(16)15-12-8-5-9-13-15/h4-13H,3H2,1-2H3. The van der Waals surface area contributed by atoms with E-state index in [1.54, 1.807) is 0 Å². The first-order valence-electron chi connectivity index (χ1n) is 6.98. The summed E-state index contributed by atoms with van der Waals surface area (Å²) in [5.41, 5.74) is 6.02. The molecule has 0 atom stereocenters. The van der Waals surface area contributed by atoms with Gasteiger partial charge >= 0.3 is 0 Å². The summed E-state index contributed by atoms with van der Waals surface area (Å²) in [5.74, 6) is 0. The minimum atomic E-state index is 0.974. The van der Waals surface area contributed by atoms with Crippen molar-refractivity contribution in [3.8, 4) is 22.5 Å². The molecule has 0 radical (unpaired) electrons. The molecule has 0 N–H and O–H groups in total. The topological polar surface area (TPSA) is 17.8 Å². The summed E-state index contributed by atoms with van der Waals surface area (Å²) in [6, 6.07) is 20.9. The van der Waals surface area contributed by atoms with Gasteiger partial charge in [0.2, 0.25) is 0 Å². The molecule has 0 saturated carbocycles. The fraction of sp³-hybridized carbons (Fsp3) is 0.167. The molecule has 0 aliphatic rings. The lowest BCUT2D eigenvalue weighted by Crippen LogP contribution is -1.94. The summed E-state index contributed by atoms with van der Waals surface area (Å²) in [6.45, 7) is 2.19. The predicted octanol–water partition coefficient (Wildman–Crippen LogP) is 4.32. The van der Waals surface area contributed by atoms with Crippen LogP contribution in [0.25, 0.3) is 22.5 Å². The van der Waals surface area contributed by atoms with Gasteiger partial charge in [-0.2, -0.15) is 5.10 Å². The SMILES string of the molecule is CCc1c(-c2ccccc2)nn(C)c1-c1ccccc1. The maximum Gasteiger partial charge on any atom is 0.0961 e. The van der Waals surface area contributed by atoms with Crippen LogP contribution in [0.4, 0.5) is 0 Å². The lowest BCUT2D eigenvalue weighted by molar-refractivity contribution is 0.778. The van der Waals surface area contributed by atoms with Gasteiger partial charge in [-0.25, -0.2) is 0 Å². The molecule has 0 amide bonds. The predicted molar refractivity (Wildman–Crippen MR) is 83.5 cm³/mol. The van der Waals surface area contributed by atoms with E-state index in [1.165, 1.54) is 22.4 Å². The highest BCUT2D eigenvalue weighted by Crippen LogP contribution is 2.31. The van der Waals surface area contributed by atoms with E-state index in [2.05, 4.69) is 55.5 Å². The van der Waals surface area contributed by atoms with Crippen molar-refractivity contribution in [2.75, 3.05) is 0 Å². The first-order chi connectivity index (χ1) is 9.81. The van der Waals surface area contributed by atoms with Crippen LogP contribution < -0.4 is 0 Å². The van der Waals surface area contributed by atoms with Crippen molar-refractivity contribution >= 4 is 0 Å². The summed E-state index contributed by atoms with van der Waals surface area (Å²) in [5, 5.41) is 4.74. The number of hydrogen-bond acceptors (Lipinski definition) is 1. The third-order valence-corrected chi connectivity index (χ3v) is 3.59. The Morgan fingerprint density at radius 2 is 1.40 bits per heavy atom. The Morgan fingerprint density at radius 3 is 1.95 bits per heavy atom. The van der Waals surface area contributed by atoms with E-state index in [1.807, 2.05) is 23.9 Å². The summed E-state index contributed by atoms with van der Waals surface area (Å²) in [6.07, 6.45) is 0.974. The van der Waals surface area contributed by atoms with Crippen molar-refractivity contribution in [2.45, 2.75) is 13.3 Å². The largest absolute Gasteiger partial charge is 0.267 e. The van der Waals surface area contributed by atoms with Gasteiger partial charge in [0.1, 0.15) is 0 Å². The average molecular weight is 262 g/mol. The molecule has 0 bridgehead atoms. The second-order valence-electron chi connectivity index (χ2n) is 4.88. The molecule has 0 spiro atoms. The highest BCUT2D eigenvalue weighted by molar-refractivity contribution is 5.74. The third kappa shape index (κ3) is 2.14. The lowest BCUT2D eigenvalue weighted by atomic mass is 10.00. The van der Waals surface area contributed by atoms with Crippen LogP contribution in [0.5, 0.6) is 0 Å². The van der Waals surface area contributed by atoms with Gasteiger partial charge in [-0.05, 0) is 6.42 Å². The minimum absolute atomic E-state index is 0.974. The second kappa shape index (κ2) is 5.33. The first kappa shape index (κ1) is 12.7. The summed E-state index contributed by atoms with van der Waals surface area (Å²) < 4.78 is 2.00. The molecule has 1 heterocycles. The van der Waals surface area contributed by atoms with Gasteiger partial charge < -0.3 is 0 Å². The molecule has 0 unspecified atom stereocenters. The van der Waals surface area contributed by atoms with Crippen molar-refractivity contribution < 1.29 is 0 Å². The van der Waals surface area contributed by atoms with Gasteiger partial charge in [-0.15, -0.1) is 0 Å². The fourth-order valence-electron chi connectivity index (χ4n) is 2.69. The lowest BCUT2D eigenvalue weighted by Gasteiger charge is -2.05. The molecule has 0 fully saturated rings. The van der Waals surface area contributed by atoms with Crippen LogP contribution in [0.3, 0.4) is 0 Å². The Morgan fingerprint density at radius 1 is 0.850 bits per heavy atom. The first-order valence-corrected chi connectivity index (χ1v) is 6.98. The van der Waals surface area contributed by atoms with Crippen molar-refractivity contribution in [1.29, 1.82) is 0 Å². The quantitative estimate of drug-likeness (QED) is 0.687. The number of hydrogen-bond donors (Lipinski definition) is 0. The van der Waals surface area contributed by atoms with E-state index in [0.717, 1.165) is 12.1 Å². The summed E-state index contributed by atoms with van der Waals surface area (Å²) >= 11 is 0. The van der Waals surface area contributed by atoms with Crippen molar-refractivity contribution in [1.82, 2.24) is 9.78 Å². The van der Waals surface area contributed by atoms with E-state index in [-0.39, 0.29) is 0 Å². The number of aryl methyl sites for hydroxylation is 1. The number of benzene rings is 2. The molecule has 1 aromatic heterocycles. The maximum absolute atomic E-state index is 4.74. The number of aromatic nitrogens is 2. The van der Waals surface area contributed by atoms with E-state index >= 15 is 0 Å². The Hall–Kier alpha value is -2.35. The van der Waals surface area contributed by atoms with Gasteiger partial charge in [0.05, 0.1) is 11.4 Å². The summed E-state index contributed by atoms with van der Waals surface area (Å²) in [7, 11) is 2.02. The van der Waals surface area contributed by atoms with Gasteiger partial charge in [-0.3, -0.25) is 4.68 Å². The van der Waals surface area contributed by atoms with Crippen LogP contribution >= 0.6 is 0 Å². The Kier molecular flexibility index (Phi) is 3.38. The second-order valence-corrected chi connectivity index (χ2v) is 4.88. The molecule has 3 rings (SSSR count). The van der Waals surface area contributed by atoms with Crippen molar-refractivity contribution in [3.63, 3.8) is 0 Å². The zero-order valence-electron chi connectivity index (χ0n) is 11.9. The van der Waals surface area contributed by atoms with Crippen LogP contribution in [-0.2, 0) is 13.5 Å². The highest BCUT2D eigenvalue weighted by Gasteiger charge is 2.16.